The standard InChI is InChI=1S/C20H8N2O2/c1-2-9-15-11(3-1)23-13-6-7-14-19(17(13)15)18-12(24-14)5-4-10-16(18)20(9)22-8-21-10/h1-8H. The highest BCUT2D eigenvalue weighted by Crippen LogP contribution is 2.48. The fraction of sp³-hybridized carbons (Fsp3) is 0. The van der Waals surface area contributed by atoms with Gasteiger partial charge in [0.2, 0.25) is 0 Å². The van der Waals surface area contributed by atoms with Gasteiger partial charge in [0.1, 0.15) is 28.7 Å². The average molecular weight is 308 g/mol. The van der Waals surface area contributed by atoms with E-state index in [1.54, 1.807) is 6.33 Å². The van der Waals surface area contributed by atoms with Crippen LogP contribution in [0.1, 0.15) is 0 Å². The Morgan fingerprint density at radius 3 is 2.08 bits per heavy atom. The van der Waals surface area contributed by atoms with Crippen LogP contribution in [-0.2, 0) is 0 Å². The van der Waals surface area contributed by atoms with Crippen LogP contribution in [0.3, 0.4) is 0 Å². The van der Waals surface area contributed by atoms with E-state index in [1.165, 1.54) is 0 Å². The SMILES string of the molecule is c1cc2c3c(c1)oc1ccc4oc5ccc6ncnc-2c6c5c4c13. The smallest absolute Gasteiger partial charge is 0.136 e. The van der Waals surface area contributed by atoms with Crippen LogP contribution in [0.4, 0.5) is 0 Å². The molecule has 0 amide bonds. The second kappa shape index (κ2) is 3.41. The van der Waals surface area contributed by atoms with Gasteiger partial charge in [-0.15, -0.1) is 0 Å². The molecule has 1 aliphatic carbocycles. The maximum Gasteiger partial charge on any atom is 0.136 e. The Bertz CT molecular complexity index is 1500. The maximum absolute atomic E-state index is 6.11. The quantitative estimate of drug-likeness (QED) is 0.376. The second-order valence-corrected chi connectivity index (χ2v) is 6.25. The normalized spacial score (nSPS) is 13.0. The molecule has 0 saturated heterocycles. The molecule has 0 bridgehead atoms. The molecular weight excluding hydrogens is 300 g/mol. The largest absolute Gasteiger partial charge is 0.456 e. The number of rotatable bonds is 0. The summed E-state index contributed by atoms with van der Waals surface area (Å²) in [6, 6.07) is 14.1. The minimum absolute atomic E-state index is 0.864. The molecule has 3 heterocycles. The summed E-state index contributed by atoms with van der Waals surface area (Å²) in [6.45, 7) is 0. The molecule has 0 saturated carbocycles. The third kappa shape index (κ3) is 1.04. The zero-order valence-corrected chi connectivity index (χ0v) is 12.3. The van der Waals surface area contributed by atoms with Crippen LogP contribution >= 0.6 is 0 Å². The van der Waals surface area contributed by atoms with E-state index in [0.717, 1.165) is 66.0 Å². The number of nitrogens with zero attached hydrogens (tertiary/aromatic N) is 2. The zero-order chi connectivity index (χ0) is 15.4. The van der Waals surface area contributed by atoms with Crippen LogP contribution in [0.25, 0.3) is 66.0 Å². The van der Waals surface area contributed by atoms with Crippen molar-refractivity contribution in [1.82, 2.24) is 9.97 Å². The minimum Gasteiger partial charge on any atom is -0.456 e. The lowest BCUT2D eigenvalue weighted by Gasteiger charge is -2.06. The number of hydrogen-bond acceptors (Lipinski definition) is 4. The molecule has 1 aliphatic rings. The van der Waals surface area contributed by atoms with Crippen LogP contribution in [0.2, 0.25) is 0 Å². The molecule has 24 heavy (non-hydrogen) atoms. The fourth-order valence-corrected chi connectivity index (χ4v) is 4.21. The van der Waals surface area contributed by atoms with E-state index in [9.17, 15) is 0 Å². The van der Waals surface area contributed by atoms with Crippen molar-refractivity contribution >= 4 is 54.8 Å². The van der Waals surface area contributed by atoms with Gasteiger partial charge >= 0.3 is 0 Å². The third-order valence-electron chi connectivity index (χ3n) is 5.12. The topological polar surface area (TPSA) is 52.1 Å². The Hall–Kier alpha value is -3.40. The first-order chi connectivity index (χ1) is 11.9. The van der Waals surface area contributed by atoms with Crippen molar-refractivity contribution in [3.8, 4) is 11.3 Å². The average Bonchev–Trinajstić information content (AvgIpc) is 3.14. The molecular formula is C20H8N2O2. The van der Waals surface area contributed by atoms with Gasteiger partial charge in [-0.05, 0) is 30.3 Å². The molecule has 0 fully saturated rings. The summed E-state index contributed by atoms with van der Waals surface area (Å²) in [7, 11) is 0. The second-order valence-electron chi connectivity index (χ2n) is 6.25. The van der Waals surface area contributed by atoms with Crippen molar-refractivity contribution in [3.63, 3.8) is 0 Å². The molecule has 4 heteroatoms. The van der Waals surface area contributed by atoms with Gasteiger partial charge < -0.3 is 8.83 Å². The molecule has 3 aromatic heterocycles. The fourth-order valence-electron chi connectivity index (χ4n) is 4.21. The van der Waals surface area contributed by atoms with E-state index < -0.39 is 0 Å². The highest BCUT2D eigenvalue weighted by Gasteiger charge is 2.25. The van der Waals surface area contributed by atoms with Gasteiger partial charge in [-0.2, -0.15) is 0 Å². The van der Waals surface area contributed by atoms with E-state index in [-0.39, 0.29) is 0 Å². The first-order valence-corrected chi connectivity index (χ1v) is 7.85. The first kappa shape index (κ1) is 11.2. The zero-order valence-electron chi connectivity index (χ0n) is 12.3. The molecule has 0 spiro atoms. The summed E-state index contributed by atoms with van der Waals surface area (Å²) in [5, 5.41) is 5.47. The molecule has 0 atom stereocenters. The number of hydrogen-bond donors (Lipinski definition) is 0. The van der Waals surface area contributed by atoms with Crippen molar-refractivity contribution in [2.75, 3.05) is 0 Å². The number of fused-ring (bicyclic) bond motifs is 1. The lowest BCUT2D eigenvalue weighted by Crippen LogP contribution is -1.89. The molecule has 0 radical (unpaired) electrons. The highest BCUT2D eigenvalue weighted by atomic mass is 16.3. The summed E-state index contributed by atoms with van der Waals surface area (Å²) in [6.07, 6.45) is 1.63. The van der Waals surface area contributed by atoms with E-state index in [2.05, 4.69) is 16.0 Å². The predicted octanol–water partition coefficient (Wildman–Crippen LogP) is 5.41. The van der Waals surface area contributed by atoms with Crippen molar-refractivity contribution in [1.29, 1.82) is 0 Å². The van der Waals surface area contributed by atoms with Crippen molar-refractivity contribution in [2.45, 2.75) is 0 Å². The Morgan fingerprint density at radius 2 is 1.25 bits per heavy atom. The highest BCUT2D eigenvalue weighted by molar-refractivity contribution is 6.35. The first-order valence-electron chi connectivity index (χ1n) is 7.85. The lowest BCUT2D eigenvalue weighted by molar-refractivity contribution is 0.663. The van der Waals surface area contributed by atoms with E-state index >= 15 is 0 Å². The van der Waals surface area contributed by atoms with Crippen LogP contribution in [-0.4, -0.2) is 9.97 Å². The van der Waals surface area contributed by atoms with Crippen LogP contribution in [0, 0.1) is 0 Å². The van der Waals surface area contributed by atoms with Gasteiger partial charge in [0.25, 0.3) is 0 Å². The van der Waals surface area contributed by atoms with E-state index in [4.69, 9.17) is 8.83 Å². The van der Waals surface area contributed by atoms with E-state index in [0.29, 0.717) is 0 Å². The Labute approximate surface area is 134 Å². The van der Waals surface area contributed by atoms with Gasteiger partial charge in [0.05, 0.1) is 11.2 Å². The Kier molecular flexibility index (Phi) is 1.59. The summed E-state index contributed by atoms with van der Waals surface area (Å²) in [5.74, 6) is 0. The van der Waals surface area contributed by atoms with Crippen LogP contribution in [0.15, 0.2) is 57.6 Å². The number of furan rings is 2. The number of benzene rings is 3. The molecule has 0 aliphatic heterocycles. The summed E-state index contributed by atoms with van der Waals surface area (Å²) < 4.78 is 12.2. The van der Waals surface area contributed by atoms with Gasteiger partial charge in [-0.1, -0.05) is 12.1 Å². The van der Waals surface area contributed by atoms with Crippen molar-refractivity contribution in [3.05, 3.63) is 48.8 Å². The maximum atomic E-state index is 6.11. The molecule has 7 rings (SSSR count). The minimum atomic E-state index is 0.864. The summed E-state index contributed by atoms with van der Waals surface area (Å²) in [4.78, 5) is 9.10. The van der Waals surface area contributed by atoms with Gasteiger partial charge in [0, 0.05) is 32.5 Å². The monoisotopic (exact) mass is 308 g/mol. The van der Waals surface area contributed by atoms with E-state index in [1.807, 2.05) is 36.4 Å². The summed E-state index contributed by atoms with van der Waals surface area (Å²) in [5.41, 5.74) is 6.47. The molecule has 110 valence electrons. The molecule has 0 unspecified atom stereocenters. The Balaban J connectivity index is 2.06. The van der Waals surface area contributed by atoms with Crippen LogP contribution in [0.5, 0.6) is 0 Å². The van der Waals surface area contributed by atoms with Crippen LogP contribution < -0.4 is 0 Å². The van der Waals surface area contributed by atoms with Gasteiger partial charge in [-0.3, -0.25) is 0 Å². The molecule has 4 nitrogen and oxygen atoms in total. The molecule has 0 N–H and O–H groups in total. The lowest BCUT2D eigenvalue weighted by atomic mass is 10.0. The summed E-state index contributed by atoms with van der Waals surface area (Å²) >= 11 is 0. The molecule has 3 aromatic carbocycles. The Morgan fingerprint density at radius 1 is 0.583 bits per heavy atom. The van der Waals surface area contributed by atoms with Gasteiger partial charge in [-0.25, -0.2) is 9.97 Å². The third-order valence-corrected chi connectivity index (χ3v) is 5.12. The van der Waals surface area contributed by atoms with Crippen molar-refractivity contribution in [2.24, 2.45) is 0 Å². The number of aromatic nitrogens is 2. The van der Waals surface area contributed by atoms with Crippen molar-refractivity contribution < 1.29 is 8.83 Å². The molecule has 6 aromatic rings. The predicted molar refractivity (Wildman–Crippen MR) is 93.1 cm³/mol. The van der Waals surface area contributed by atoms with Gasteiger partial charge in [0.15, 0.2) is 0 Å².